The van der Waals surface area contributed by atoms with Crippen LogP contribution in [0.4, 0.5) is 0 Å². The SMILES string of the molecule is O=C(O)COCCOC(=O)C1CCn2c(C(=O)c3ccccc3)ccc21. The van der Waals surface area contributed by atoms with Gasteiger partial charge in [0.1, 0.15) is 13.2 Å². The Hall–Kier alpha value is -2.93. The van der Waals surface area contributed by atoms with Crippen molar-refractivity contribution in [2.75, 3.05) is 19.8 Å². The third kappa shape index (κ3) is 3.83. The number of aromatic nitrogens is 1. The average molecular weight is 357 g/mol. The van der Waals surface area contributed by atoms with Gasteiger partial charge in [0.2, 0.25) is 5.78 Å². The van der Waals surface area contributed by atoms with Gasteiger partial charge in [0.15, 0.2) is 0 Å². The molecule has 7 heteroatoms. The number of benzene rings is 1. The van der Waals surface area contributed by atoms with Crippen LogP contribution in [-0.2, 0) is 25.6 Å². The molecular weight excluding hydrogens is 338 g/mol. The molecule has 0 spiro atoms. The van der Waals surface area contributed by atoms with Crippen LogP contribution in [0.15, 0.2) is 42.5 Å². The largest absolute Gasteiger partial charge is 0.480 e. The minimum absolute atomic E-state index is 0.000868. The van der Waals surface area contributed by atoms with Gasteiger partial charge in [0, 0.05) is 17.8 Å². The van der Waals surface area contributed by atoms with Crippen molar-refractivity contribution in [1.29, 1.82) is 0 Å². The lowest BCUT2D eigenvalue weighted by atomic mass is 10.1. The molecule has 1 aliphatic rings. The summed E-state index contributed by atoms with van der Waals surface area (Å²) in [4.78, 5) is 35.2. The Kier molecular flexibility index (Phi) is 5.48. The van der Waals surface area contributed by atoms with Crippen molar-refractivity contribution in [2.45, 2.75) is 18.9 Å². The van der Waals surface area contributed by atoms with Crippen molar-refractivity contribution in [3.8, 4) is 0 Å². The summed E-state index contributed by atoms with van der Waals surface area (Å²) in [5.41, 5.74) is 1.93. The van der Waals surface area contributed by atoms with Gasteiger partial charge in [-0.05, 0) is 18.6 Å². The van der Waals surface area contributed by atoms with E-state index in [1.807, 2.05) is 22.8 Å². The first-order chi connectivity index (χ1) is 12.6. The Morgan fingerprint density at radius 1 is 1.08 bits per heavy atom. The fourth-order valence-electron chi connectivity index (χ4n) is 3.08. The van der Waals surface area contributed by atoms with Gasteiger partial charge in [-0.15, -0.1) is 0 Å². The molecular formula is C19H19NO6. The molecule has 0 fully saturated rings. The Morgan fingerprint density at radius 3 is 2.58 bits per heavy atom. The Morgan fingerprint density at radius 2 is 1.85 bits per heavy atom. The molecule has 0 radical (unpaired) electrons. The quantitative estimate of drug-likeness (QED) is 0.440. The van der Waals surface area contributed by atoms with Crippen LogP contribution in [0.3, 0.4) is 0 Å². The minimum Gasteiger partial charge on any atom is -0.480 e. The van der Waals surface area contributed by atoms with E-state index in [4.69, 9.17) is 14.6 Å². The molecule has 1 N–H and O–H groups in total. The second-order valence-electron chi connectivity index (χ2n) is 5.95. The van der Waals surface area contributed by atoms with Crippen LogP contribution in [-0.4, -0.2) is 47.2 Å². The molecule has 0 saturated carbocycles. The minimum atomic E-state index is -1.07. The lowest BCUT2D eigenvalue weighted by Gasteiger charge is -2.10. The molecule has 1 atom stereocenters. The highest BCUT2D eigenvalue weighted by Gasteiger charge is 2.32. The number of carbonyl (C=O) groups is 3. The van der Waals surface area contributed by atoms with Crippen molar-refractivity contribution in [2.24, 2.45) is 0 Å². The number of carboxylic acid groups (broad SMARTS) is 1. The molecule has 0 bridgehead atoms. The maximum atomic E-state index is 12.6. The van der Waals surface area contributed by atoms with E-state index >= 15 is 0 Å². The third-order valence-corrected chi connectivity index (χ3v) is 4.26. The predicted octanol–water partition coefficient (Wildman–Crippen LogP) is 1.85. The Labute approximate surface area is 150 Å². The topological polar surface area (TPSA) is 94.8 Å². The number of esters is 1. The lowest BCUT2D eigenvalue weighted by Crippen LogP contribution is -2.18. The van der Waals surface area contributed by atoms with Gasteiger partial charge in [0.05, 0.1) is 18.2 Å². The Balaban J connectivity index is 1.62. The van der Waals surface area contributed by atoms with Gasteiger partial charge in [0.25, 0.3) is 0 Å². The van der Waals surface area contributed by atoms with Crippen LogP contribution in [0.5, 0.6) is 0 Å². The van der Waals surface area contributed by atoms with Gasteiger partial charge in [-0.3, -0.25) is 9.59 Å². The van der Waals surface area contributed by atoms with E-state index in [0.717, 1.165) is 5.69 Å². The molecule has 0 aliphatic carbocycles. The molecule has 136 valence electrons. The van der Waals surface area contributed by atoms with Crippen LogP contribution in [0.2, 0.25) is 0 Å². The highest BCUT2D eigenvalue weighted by Crippen LogP contribution is 2.32. The summed E-state index contributed by atoms with van der Waals surface area (Å²) in [6.07, 6.45) is 0.570. The number of hydrogen-bond donors (Lipinski definition) is 1. The van der Waals surface area contributed by atoms with Crippen molar-refractivity contribution < 1.29 is 29.0 Å². The number of rotatable bonds is 8. The molecule has 1 aromatic heterocycles. The smallest absolute Gasteiger partial charge is 0.329 e. The second kappa shape index (κ2) is 7.97. The Bertz CT molecular complexity index is 811. The van der Waals surface area contributed by atoms with Crippen molar-refractivity contribution in [1.82, 2.24) is 4.57 Å². The van der Waals surface area contributed by atoms with Crippen LogP contribution in [0.25, 0.3) is 0 Å². The molecule has 1 aliphatic heterocycles. The first-order valence-electron chi connectivity index (χ1n) is 8.33. The van der Waals surface area contributed by atoms with Crippen LogP contribution >= 0.6 is 0 Å². The fourth-order valence-corrected chi connectivity index (χ4v) is 3.08. The number of ketones is 1. The maximum Gasteiger partial charge on any atom is 0.329 e. The van der Waals surface area contributed by atoms with E-state index in [9.17, 15) is 14.4 Å². The van der Waals surface area contributed by atoms with Gasteiger partial charge >= 0.3 is 11.9 Å². The van der Waals surface area contributed by atoms with Gasteiger partial charge < -0.3 is 19.1 Å². The van der Waals surface area contributed by atoms with E-state index in [-0.39, 0.29) is 25.0 Å². The van der Waals surface area contributed by atoms with Gasteiger partial charge in [-0.1, -0.05) is 30.3 Å². The van der Waals surface area contributed by atoms with E-state index in [1.54, 1.807) is 24.3 Å². The molecule has 26 heavy (non-hydrogen) atoms. The summed E-state index contributed by atoms with van der Waals surface area (Å²) in [6, 6.07) is 12.5. The molecule has 0 amide bonds. The van der Waals surface area contributed by atoms with E-state index in [2.05, 4.69) is 0 Å². The summed E-state index contributed by atoms with van der Waals surface area (Å²) in [5, 5.41) is 8.47. The van der Waals surface area contributed by atoms with E-state index < -0.39 is 18.5 Å². The van der Waals surface area contributed by atoms with Crippen molar-refractivity contribution in [3.05, 3.63) is 59.4 Å². The molecule has 0 saturated heterocycles. The van der Waals surface area contributed by atoms with Crippen LogP contribution < -0.4 is 0 Å². The summed E-state index contributed by atoms with van der Waals surface area (Å²) >= 11 is 0. The monoisotopic (exact) mass is 357 g/mol. The van der Waals surface area contributed by atoms with Gasteiger partial charge in [-0.2, -0.15) is 0 Å². The first-order valence-corrected chi connectivity index (χ1v) is 8.33. The normalized spacial score (nSPS) is 15.5. The van der Waals surface area contributed by atoms with Crippen molar-refractivity contribution >= 4 is 17.7 Å². The zero-order chi connectivity index (χ0) is 18.5. The van der Waals surface area contributed by atoms with Crippen LogP contribution in [0.1, 0.15) is 34.1 Å². The number of ether oxygens (including phenoxy) is 2. The summed E-state index contributed by atoms with van der Waals surface area (Å²) in [7, 11) is 0. The summed E-state index contributed by atoms with van der Waals surface area (Å²) in [5.74, 6) is -1.96. The van der Waals surface area contributed by atoms with Gasteiger partial charge in [-0.25, -0.2) is 4.79 Å². The molecule has 1 unspecified atom stereocenters. The molecule has 1 aromatic carbocycles. The first kappa shape index (κ1) is 17.9. The van der Waals surface area contributed by atoms with Crippen LogP contribution in [0, 0.1) is 0 Å². The van der Waals surface area contributed by atoms with Crippen molar-refractivity contribution in [3.63, 3.8) is 0 Å². The number of aliphatic carboxylic acids is 1. The maximum absolute atomic E-state index is 12.6. The molecule has 7 nitrogen and oxygen atoms in total. The van der Waals surface area contributed by atoms with E-state index in [1.165, 1.54) is 0 Å². The average Bonchev–Trinajstić information content (AvgIpc) is 3.23. The second-order valence-corrected chi connectivity index (χ2v) is 5.95. The summed E-state index contributed by atoms with van der Waals surface area (Å²) < 4.78 is 11.9. The van der Waals surface area contributed by atoms with E-state index in [0.29, 0.717) is 24.2 Å². The fraction of sp³-hybridized carbons (Fsp3) is 0.316. The number of fused-ring (bicyclic) bond motifs is 1. The highest BCUT2D eigenvalue weighted by molar-refractivity contribution is 6.08. The number of carbonyl (C=O) groups excluding carboxylic acids is 2. The number of hydrogen-bond acceptors (Lipinski definition) is 5. The lowest BCUT2D eigenvalue weighted by molar-refractivity contribution is -0.148. The third-order valence-electron chi connectivity index (χ3n) is 4.26. The zero-order valence-electron chi connectivity index (χ0n) is 14.1. The number of carboxylic acids is 1. The summed E-state index contributed by atoms with van der Waals surface area (Å²) in [6.45, 7) is 0.183. The zero-order valence-corrected chi connectivity index (χ0v) is 14.1. The highest BCUT2D eigenvalue weighted by atomic mass is 16.6. The molecule has 2 aromatic rings. The molecule has 2 heterocycles. The molecule has 3 rings (SSSR count). The standard InChI is InChI=1S/C19H19NO6/c21-17(22)12-25-10-11-26-19(24)14-8-9-20-15(14)6-7-16(20)18(23)13-4-2-1-3-5-13/h1-7,14H,8-12H2,(H,21,22). The predicted molar refractivity (Wildman–Crippen MR) is 91.1 cm³/mol. The number of nitrogens with zero attached hydrogens (tertiary/aromatic N) is 1.